The molecule has 3 atom stereocenters. The molecular weight excluding hydrogens is 250 g/mol. The van der Waals surface area contributed by atoms with Crippen LogP contribution >= 0.6 is 12.4 Å². The van der Waals surface area contributed by atoms with Gasteiger partial charge in [0.15, 0.2) is 0 Å². The lowest BCUT2D eigenvalue weighted by Crippen LogP contribution is -2.49. The zero-order chi connectivity index (χ0) is 12.3. The molecule has 2 heterocycles. The monoisotopic (exact) mass is 275 g/mol. The minimum atomic E-state index is 0. The highest BCUT2D eigenvalue weighted by molar-refractivity contribution is 5.85. The molecule has 106 valence electrons. The largest absolute Gasteiger partial charge is 0.352 e. The van der Waals surface area contributed by atoms with Gasteiger partial charge in [-0.15, -0.1) is 12.4 Å². The molecule has 0 aromatic heterocycles. The lowest BCUT2D eigenvalue weighted by atomic mass is 9.96. The van der Waals surface area contributed by atoms with Gasteiger partial charge in [0.1, 0.15) is 0 Å². The molecule has 0 aromatic carbocycles. The van der Waals surface area contributed by atoms with Crippen molar-refractivity contribution in [2.75, 3.05) is 32.7 Å². The van der Waals surface area contributed by atoms with Gasteiger partial charge in [-0.25, -0.2) is 0 Å². The number of piperidine rings is 1. The van der Waals surface area contributed by atoms with Gasteiger partial charge in [0.05, 0.1) is 5.92 Å². The smallest absolute Gasteiger partial charge is 0.224 e. The molecule has 2 aliphatic rings. The van der Waals surface area contributed by atoms with E-state index in [1.165, 1.54) is 13.0 Å². The standard InChI is InChI=1S/C13H25N3O.ClH/c1-3-16-6-4-5-11(9-16)15-13(17)12-8-14-7-10(12)2;/h10-12,14H,3-9H2,1-2H3,(H,15,17);1H/t10-,11?,12-;/m1./s1. The number of nitrogens with zero attached hydrogens (tertiary/aromatic N) is 1. The van der Waals surface area contributed by atoms with Crippen molar-refractivity contribution in [3.63, 3.8) is 0 Å². The Labute approximate surface area is 116 Å². The van der Waals surface area contributed by atoms with Crippen LogP contribution in [0.3, 0.4) is 0 Å². The summed E-state index contributed by atoms with van der Waals surface area (Å²) in [7, 11) is 0. The summed E-state index contributed by atoms with van der Waals surface area (Å²) in [6.45, 7) is 9.46. The van der Waals surface area contributed by atoms with E-state index < -0.39 is 0 Å². The second-order valence-corrected chi connectivity index (χ2v) is 5.48. The van der Waals surface area contributed by atoms with Crippen molar-refractivity contribution in [1.82, 2.24) is 15.5 Å². The number of carbonyl (C=O) groups is 1. The molecule has 2 fully saturated rings. The van der Waals surface area contributed by atoms with Gasteiger partial charge in [-0.3, -0.25) is 4.79 Å². The molecule has 5 heteroatoms. The van der Waals surface area contributed by atoms with Crippen LogP contribution in [-0.2, 0) is 4.79 Å². The molecule has 0 spiro atoms. The average molecular weight is 276 g/mol. The van der Waals surface area contributed by atoms with Crippen molar-refractivity contribution in [2.45, 2.75) is 32.7 Å². The van der Waals surface area contributed by atoms with Crippen LogP contribution in [-0.4, -0.2) is 49.6 Å². The molecule has 2 rings (SSSR count). The van der Waals surface area contributed by atoms with Crippen LogP contribution in [0.25, 0.3) is 0 Å². The Hall–Kier alpha value is -0.320. The number of amides is 1. The number of nitrogens with one attached hydrogen (secondary N) is 2. The maximum Gasteiger partial charge on any atom is 0.224 e. The highest BCUT2D eigenvalue weighted by Crippen LogP contribution is 2.17. The Morgan fingerprint density at radius 2 is 2.22 bits per heavy atom. The molecule has 0 bridgehead atoms. The Balaban J connectivity index is 0.00000162. The normalized spacial score (nSPS) is 32.9. The lowest BCUT2D eigenvalue weighted by Gasteiger charge is -2.33. The number of likely N-dealkylation sites (tertiary alicyclic amines) is 1. The zero-order valence-electron chi connectivity index (χ0n) is 11.4. The van der Waals surface area contributed by atoms with E-state index in [1.54, 1.807) is 0 Å². The van der Waals surface area contributed by atoms with Crippen molar-refractivity contribution >= 4 is 18.3 Å². The average Bonchev–Trinajstić information content (AvgIpc) is 2.76. The van der Waals surface area contributed by atoms with Crippen molar-refractivity contribution in [1.29, 1.82) is 0 Å². The maximum atomic E-state index is 12.1. The van der Waals surface area contributed by atoms with Gasteiger partial charge in [-0.2, -0.15) is 0 Å². The van der Waals surface area contributed by atoms with Crippen LogP contribution < -0.4 is 10.6 Å². The quantitative estimate of drug-likeness (QED) is 0.803. The third-order valence-corrected chi connectivity index (χ3v) is 4.15. The highest BCUT2D eigenvalue weighted by atomic mass is 35.5. The van der Waals surface area contributed by atoms with Gasteiger partial charge in [0.2, 0.25) is 5.91 Å². The number of halogens is 1. The molecule has 18 heavy (non-hydrogen) atoms. The molecule has 0 aliphatic carbocycles. The Bertz CT molecular complexity index is 275. The topological polar surface area (TPSA) is 44.4 Å². The van der Waals surface area contributed by atoms with Crippen LogP contribution in [0.4, 0.5) is 0 Å². The van der Waals surface area contributed by atoms with Crippen LogP contribution in [0.1, 0.15) is 26.7 Å². The number of likely N-dealkylation sites (N-methyl/N-ethyl adjacent to an activating group) is 1. The molecule has 2 N–H and O–H groups in total. The first-order valence-electron chi connectivity index (χ1n) is 6.94. The molecular formula is C13H26ClN3O. The molecule has 0 aromatic rings. The highest BCUT2D eigenvalue weighted by Gasteiger charge is 2.31. The summed E-state index contributed by atoms with van der Waals surface area (Å²) in [5.41, 5.74) is 0. The molecule has 4 nitrogen and oxygen atoms in total. The van der Waals surface area contributed by atoms with Crippen LogP contribution in [0.15, 0.2) is 0 Å². The Kier molecular flexibility index (Phi) is 6.39. The van der Waals surface area contributed by atoms with E-state index in [0.29, 0.717) is 12.0 Å². The first kappa shape index (κ1) is 15.7. The number of rotatable bonds is 3. The van der Waals surface area contributed by atoms with Crippen molar-refractivity contribution in [3.8, 4) is 0 Å². The summed E-state index contributed by atoms with van der Waals surface area (Å²) in [4.78, 5) is 14.6. The van der Waals surface area contributed by atoms with E-state index in [-0.39, 0.29) is 24.2 Å². The minimum absolute atomic E-state index is 0. The number of hydrogen-bond acceptors (Lipinski definition) is 3. The fraction of sp³-hybridized carbons (Fsp3) is 0.923. The Morgan fingerprint density at radius 3 is 2.83 bits per heavy atom. The summed E-state index contributed by atoms with van der Waals surface area (Å²) in [5.74, 6) is 0.901. The van der Waals surface area contributed by atoms with Gasteiger partial charge in [-0.05, 0) is 38.4 Å². The van der Waals surface area contributed by atoms with Gasteiger partial charge < -0.3 is 15.5 Å². The predicted octanol–water partition coefficient (Wildman–Crippen LogP) is 0.864. The summed E-state index contributed by atoms with van der Waals surface area (Å²) in [6.07, 6.45) is 2.34. The third-order valence-electron chi connectivity index (χ3n) is 4.15. The van der Waals surface area contributed by atoms with E-state index in [9.17, 15) is 4.79 Å². The second-order valence-electron chi connectivity index (χ2n) is 5.48. The Morgan fingerprint density at radius 1 is 1.44 bits per heavy atom. The van der Waals surface area contributed by atoms with Crippen LogP contribution in [0, 0.1) is 11.8 Å². The summed E-state index contributed by atoms with van der Waals surface area (Å²) in [5, 5.41) is 6.52. The summed E-state index contributed by atoms with van der Waals surface area (Å²) in [6, 6.07) is 0.365. The lowest BCUT2D eigenvalue weighted by molar-refractivity contribution is -0.126. The van der Waals surface area contributed by atoms with Crippen molar-refractivity contribution < 1.29 is 4.79 Å². The fourth-order valence-corrected chi connectivity index (χ4v) is 2.93. The van der Waals surface area contributed by atoms with Gasteiger partial charge in [0, 0.05) is 19.1 Å². The van der Waals surface area contributed by atoms with E-state index in [1.807, 2.05) is 0 Å². The SMILES string of the molecule is CCN1CCCC(NC(=O)[C@@H]2CNC[C@H]2C)C1.Cl. The molecule has 0 radical (unpaired) electrons. The van der Waals surface area contributed by atoms with Crippen molar-refractivity contribution in [2.24, 2.45) is 11.8 Å². The van der Waals surface area contributed by atoms with E-state index >= 15 is 0 Å². The fourth-order valence-electron chi connectivity index (χ4n) is 2.93. The second kappa shape index (κ2) is 7.31. The van der Waals surface area contributed by atoms with Gasteiger partial charge in [-0.1, -0.05) is 13.8 Å². The molecule has 0 saturated carbocycles. The molecule has 1 unspecified atom stereocenters. The van der Waals surface area contributed by atoms with Crippen LogP contribution in [0.5, 0.6) is 0 Å². The first-order chi connectivity index (χ1) is 8.20. The van der Waals surface area contributed by atoms with Crippen molar-refractivity contribution in [3.05, 3.63) is 0 Å². The third kappa shape index (κ3) is 3.84. The summed E-state index contributed by atoms with van der Waals surface area (Å²) >= 11 is 0. The van der Waals surface area contributed by atoms with Gasteiger partial charge in [0.25, 0.3) is 0 Å². The van der Waals surface area contributed by atoms with Crippen LogP contribution in [0.2, 0.25) is 0 Å². The molecule has 2 aliphatic heterocycles. The summed E-state index contributed by atoms with van der Waals surface area (Å²) < 4.78 is 0. The first-order valence-corrected chi connectivity index (χ1v) is 6.94. The molecule has 2 saturated heterocycles. The molecule has 1 amide bonds. The van der Waals surface area contributed by atoms with E-state index in [4.69, 9.17) is 0 Å². The van der Waals surface area contributed by atoms with E-state index in [2.05, 4.69) is 29.4 Å². The van der Waals surface area contributed by atoms with Gasteiger partial charge >= 0.3 is 0 Å². The predicted molar refractivity (Wildman–Crippen MR) is 76.1 cm³/mol. The maximum absolute atomic E-state index is 12.1. The number of hydrogen-bond donors (Lipinski definition) is 2. The zero-order valence-corrected chi connectivity index (χ0v) is 12.3. The van der Waals surface area contributed by atoms with E-state index in [0.717, 1.165) is 32.6 Å². The number of carbonyl (C=O) groups excluding carboxylic acids is 1. The minimum Gasteiger partial charge on any atom is -0.352 e.